The van der Waals surface area contributed by atoms with E-state index in [0.717, 1.165) is 0 Å². The van der Waals surface area contributed by atoms with Crippen molar-refractivity contribution < 1.29 is 13.5 Å². The summed E-state index contributed by atoms with van der Waals surface area (Å²) < 4.78 is 25.9. The van der Waals surface area contributed by atoms with E-state index in [1.165, 1.54) is 23.5 Å². The third-order valence-corrected chi connectivity index (χ3v) is 5.21. The summed E-state index contributed by atoms with van der Waals surface area (Å²) in [5, 5.41) is 13.1. The van der Waals surface area contributed by atoms with Gasteiger partial charge in [-0.2, -0.15) is 4.31 Å². The molecule has 1 fully saturated rings. The van der Waals surface area contributed by atoms with E-state index in [1.54, 1.807) is 12.1 Å². The lowest BCUT2D eigenvalue weighted by atomic mass is 10.2. The molecule has 2 rings (SSSR count). The van der Waals surface area contributed by atoms with E-state index in [1.807, 2.05) is 0 Å². The van der Waals surface area contributed by atoms with Crippen LogP contribution in [-0.4, -0.2) is 50.1 Å². The smallest absolute Gasteiger partial charge is 0.243 e. The van der Waals surface area contributed by atoms with Crippen molar-refractivity contribution in [3.05, 3.63) is 29.3 Å². The first kappa shape index (κ1) is 13.8. The summed E-state index contributed by atoms with van der Waals surface area (Å²) in [5.41, 5.74) is 0. The van der Waals surface area contributed by atoms with Crippen molar-refractivity contribution in [2.45, 2.75) is 17.0 Å². The predicted octanol–water partition coefficient (Wildman–Crippen LogP) is 0.293. The average Bonchev–Trinajstić information content (AvgIpc) is 2.74. The zero-order valence-electron chi connectivity index (χ0n) is 9.88. The summed E-state index contributed by atoms with van der Waals surface area (Å²) in [5.74, 6) is 0. The van der Waals surface area contributed by atoms with Gasteiger partial charge < -0.3 is 10.4 Å². The topological polar surface area (TPSA) is 69.6 Å². The molecule has 1 aromatic carbocycles. The average molecular weight is 291 g/mol. The van der Waals surface area contributed by atoms with Gasteiger partial charge in [0.15, 0.2) is 0 Å². The number of hydrogen-bond donors (Lipinski definition) is 2. The minimum atomic E-state index is -3.63. The van der Waals surface area contributed by atoms with Crippen molar-refractivity contribution in [2.75, 3.05) is 20.1 Å². The lowest BCUT2D eigenvalue weighted by molar-refractivity contribution is 0.136. The SMILES string of the molecule is CN([C@H]1CNC[C@@H]1O)S(=O)(=O)c1cccc(Cl)c1. The van der Waals surface area contributed by atoms with Gasteiger partial charge in [-0.25, -0.2) is 8.42 Å². The molecule has 7 heteroatoms. The highest BCUT2D eigenvalue weighted by Crippen LogP contribution is 2.22. The van der Waals surface area contributed by atoms with Gasteiger partial charge >= 0.3 is 0 Å². The second-order valence-corrected chi connectivity index (χ2v) is 6.71. The van der Waals surface area contributed by atoms with E-state index in [0.29, 0.717) is 18.1 Å². The molecule has 1 aliphatic rings. The number of nitrogens with one attached hydrogen (secondary N) is 1. The Kier molecular flexibility index (Phi) is 3.93. The number of aliphatic hydroxyl groups is 1. The molecular formula is C11H15ClN2O3S. The summed E-state index contributed by atoms with van der Waals surface area (Å²) in [6.45, 7) is 0.845. The Morgan fingerprint density at radius 2 is 2.17 bits per heavy atom. The number of likely N-dealkylation sites (N-methyl/N-ethyl adjacent to an activating group) is 1. The summed E-state index contributed by atoms with van der Waals surface area (Å²) in [6, 6.07) is 5.65. The molecule has 0 bridgehead atoms. The monoisotopic (exact) mass is 290 g/mol. The molecule has 100 valence electrons. The highest BCUT2D eigenvalue weighted by Gasteiger charge is 2.35. The number of nitrogens with zero attached hydrogens (tertiary/aromatic N) is 1. The highest BCUT2D eigenvalue weighted by atomic mass is 35.5. The molecule has 0 aromatic heterocycles. The predicted molar refractivity (Wildman–Crippen MR) is 69.1 cm³/mol. The van der Waals surface area contributed by atoms with Crippen LogP contribution in [0.15, 0.2) is 29.2 Å². The number of benzene rings is 1. The lowest BCUT2D eigenvalue weighted by Gasteiger charge is -2.25. The zero-order chi connectivity index (χ0) is 13.3. The van der Waals surface area contributed by atoms with Crippen LogP contribution in [0.2, 0.25) is 5.02 Å². The molecular weight excluding hydrogens is 276 g/mol. The van der Waals surface area contributed by atoms with Crippen molar-refractivity contribution in [1.82, 2.24) is 9.62 Å². The maximum absolute atomic E-state index is 12.3. The van der Waals surface area contributed by atoms with Gasteiger partial charge in [0.05, 0.1) is 17.0 Å². The number of hydrogen-bond acceptors (Lipinski definition) is 4. The largest absolute Gasteiger partial charge is 0.390 e. The first-order chi connectivity index (χ1) is 8.43. The Morgan fingerprint density at radius 1 is 1.44 bits per heavy atom. The van der Waals surface area contributed by atoms with E-state index in [-0.39, 0.29) is 4.90 Å². The molecule has 0 saturated carbocycles. The van der Waals surface area contributed by atoms with Crippen molar-refractivity contribution >= 4 is 21.6 Å². The molecule has 2 atom stereocenters. The molecule has 2 N–H and O–H groups in total. The van der Waals surface area contributed by atoms with Crippen LogP contribution in [0.4, 0.5) is 0 Å². The highest BCUT2D eigenvalue weighted by molar-refractivity contribution is 7.89. The third-order valence-electron chi connectivity index (χ3n) is 3.09. The Hall–Kier alpha value is -0.660. The fourth-order valence-corrected chi connectivity index (χ4v) is 3.68. The summed E-state index contributed by atoms with van der Waals surface area (Å²) in [6.07, 6.45) is -0.691. The molecule has 5 nitrogen and oxygen atoms in total. The first-order valence-electron chi connectivity index (χ1n) is 5.55. The lowest BCUT2D eigenvalue weighted by Crippen LogP contribution is -2.44. The summed E-state index contributed by atoms with van der Waals surface area (Å²) in [4.78, 5) is 0.136. The molecule has 1 aliphatic heterocycles. The van der Waals surface area contributed by atoms with Crippen molar-refractivity contribution in [3.8, 4) is 0 Å². The van der Waals surface area contributed by atoms with Gasteiger partial charge in [0, 0.05) is 25.2 Å². The minimum Gasteiger partial charge on any atom is -0.390 e. The second kappa shape index (κ2) is 5.14. The molecule has 1 heterocycles. The van der Waals surface area contributed by atoms with Gasteiger partial charge in [-0.05, 0) is 18.2 Å². The van der Waals surface area contributed by atoms with Crippen LogP contribution >= 0.6 is 11.6 Å². The van der Waals surface area contributed by atoms with Crippen LogP contribution in [0, 0.1) is 0 Å². The van der Waals surface area contributed by atoms with E-state index in [4.69, 9.17) is 11.6 Å². The van der Waals surface area contributed by atoms with Gasteiger partial charge in [0.25, 0.3) is 0 Å². The second-order valence-electron chi connectivity index (χ2n) is 4.27. The van der Waals surface area contributed by atoms with Crippen LogP contribution in [-0.2, 0) is 10.0 Å². The molecule has 0 amide bonds. The fraction of sp³-hybridized carbons (Fsp3) is 0.455. The fourth-order valence-electron chi connectivity index (χ4n) is 1.99. The number of β-amino-alcohol motifs (C(OH)–C–C–N with tert-alkyl or cyclic N) is 1. The van der Waals surface area contributed by atoms with Gasteiger partial charge in [0.2, 0.25) is 10.0 Å². The van der Waals surface area contributed by atoms with E-state index in [2.05, 4.69) is 5.32 Å². The quantitative estimate of drug-likeness (QED) is 0.840. The van der Waals surface area contributed by atoms with Crippen LogP contribution in [0.25, 0.3) is 0 Å². The van der Waals surface area contributed by atoms with Gasteiger partial charge in [-0.3, -0.25) is 0 Å². The summed E-state index contributed by atoms with van der Waals surface area (Å²) in [7, 11) is -2.16. The van der Waals surface area contributed by atoms with Crippen LogP contribution < -0.4 is 5.32 Å². The Morgan fingerprint density at radius 3 is 2.72 bits per heavy atom. The number of aliphatic hydroxyl groups excluding tert-OH is 1. The van der Waals surface area contributed by atoms with Crippen molar-refractivity contribution in [1.29, 1.82) is 0 Å². The summed E-state index contributed by atoms with van der Waals surface area (Å²) >= 11 is 5.80. The van der Waals surface area contributed by atoms with Crippen molar-refractivity contribution in [3.63, 3.8) is 0 Å². The molecule has 0 spiro atoms. The van der Waals surface area contributed by atoms with E-state index >= 15 is 0 Å². The zero-order valence-corrected chi connectivity index (χ0v) is 11.4. The molecule has 0 radical (unpaired) electrons. The number of sulfonamides is 1. The van der Waals surface area contributed by atoms with Gasteiger partial charge in [-0.15, -0.1) is 0 Å². The van der Waals surface area contributed by atoms with Crippen LogP contribution in [0.5, 0.6) is 0 Å². The Bertz CT molecular complexity index is 535. The molecule has 0 unspecified atom stereocenters. The first-order valence-corrected chi connectivity index (χ1v) is 7.37. The maximum atomic E-state index is 12.3. The van der Waals surface area contributed by atoms with Gasteiger partial charge in [0.1, 0.15) is 0 Å². The Labute approximate surface area is 111 Å². The molecule has 1 saturated heterocycles. The number of halogens is 1. The third kappa shape index (κ3) is 2.53. The minimum absolute atomic E-state index is 0.136. The van der Waals surface area contributed by atoms with E-state index < -0.39 is 22.2 Å². The van der Waals surface area contributed by atoms with Crippen LogP contribution in [0.1, 0.15) is 0 Å². The molecule has 18 heavy (non-hydrogen) atoms. The standard InChI is InChI=1S/C11H15ClN2O3S/c1-14(10-6-13-7-11(10)15)18(16,17)9-4-2-3-8(12)5-9/h2-5,10-11,13,15H,6-7H2,1H3/t10-,11-/m0/s1. The normalized spacial score (nSPS) is 24.7. The number of rotatable bonds is 3. The Balaban J connectivity index is 2.31. The van der Waals surface area contributed by atoms with Crippen LogP contribution in [0.3, 0.4) is 0 Å². The van der Waals surface area contributed by atoms with Crippen molar-refractivity contribution in [2.24, 2.45) is 0 Å². The van der Waals surface area contributed by atoms with E-state index in [9.17, 15) is 13.5 Å². The maximum Gasteiger partial charge on any atom is 0.243 e. The van der Waals surface area contributed by atoms with Gasteiger partial charge in [-0.1, -0.05) is 17.7 Å². The molecule has 0 aliphatic carbocycles. The molecule has 1 aromatic rings.